The van der Waals surface area contributed by atoms with E-state index < -0.39 is 7.54 Å². The summed E-state index contributed by atoms with van der Waals surface area (Å²) in [7, 11) is 0.486. The molecule has 0 aliphatic heterocycles. The van der Waals surface area contributed by atoms with Crippen molar-refractivity contribution in [3.63, 3.8) is 0 Å². The van der Waals surface area contributed by atoms with Gasteiger partial charge in [-0.25, -0.2) is 0 Å². The van der Waals surface area contributed by atoms with E-state index in [-0.39, 0.29) is 0 Å². The standard InChI is InChI=1S/C9H13N.BF3/c1-10(2)8-9-6-4-3-5-7-9;2-1(3)4/h3-7H,8H2,1-2H3;. The molecule has 14 heavy (non-hydrogen) atoms. The number of halogens is 3. The summed E-state index contributed by atoms with van der Waals surface area (Å²) in [5.74, 6) is 0. The van der Waals surface area contributed by atoms with Crippen LogP contribution in [0, 0.1) is 0 Å². The fraction of sp³-hybridized carbons (Fsp3) is 0.333. The minimum absolute atomic E-state index is 1.03. The predicted molar refractivity (Wildman–Crippen MR) is 52.9 cm³/mol. The maximum Gasteiger partial charge on any atom is 0.762 e. The molecular weight excluding hydrogens is 190 g/mol. The highest BCUT2D eigenvalue weighted by atomic mass is 19.4. The van der Waals surface area contributed by atoms with Gasteiger partial charge in [-0.05, 0) is 19.7 Å². The molecule has 1 aromatic carbocycles. The Morgan fingerprint density at radius 1 is 1.07 bits per heavy atom. The van der Waals surface area contributed by atoms with Crippen LogP contribution in [0.2, 0.25) is 0 Å². The van der Waals surface area contributed by atoms with Crippen molar-refractivity contribution in [1.82, 2.24) is 4.90 Å². The highest BCUT2D eigenvalue weighted by Gasteiger charge is 2.06. The van der Waals surface area contributed by atoms with Gasteiger partial charge in [0.1, 0.15) is 0 Å². The van der Waals surface area contributed by atoms with Gasteiger partial charge in [0.2, 0.25) is 0 Å². The summed E-state index contributed by atoms with van der Waals surface area (Å²) >= 11 is 0. The Labute approximate surface area is 82.8 Å². The van der Waals surface area contributed by atoms with Crippen molar-refractivity contribution in [2.24, 2.45) is 0 Å². The van der Waals surface area contributed by atoms with Gasteiger partial charge in [-0.15, -0.1) is 0 Å². The predicted octanol–water partition coefficient (Wildman–Crippen LogP) is 2.63. The molecule has 1 nitrogen and oxygen atoms in total. The summed E-state index contributed by atoms with van der Waals surface area (Å²) in [5, 5.41) is 0. The highest BCUT2D eigenvalue weighted by Crippen LogP contribution is 1.99. The van der Waals surface area contributed by atoms with Crippen molar-refractivity contribution in [3.05, 3.63) is 35.9 Å². The van der Waals surface area contributed by atoms with E-state index >= 15 is 0 Å². The lowest BCUT2D eigenvalue weighted by Gasteiger charge is -2.08. The number of nitrogens with zero attached hydrogens (tertiary/aromatic N) is 1. The van der Waals surface area contributed by atoms with Crippen molar-refractivity contribution in [2.75, 3.05) is 14.1 Å². The topological polar surface area (TPSA) is 3.24 Å². The fourth-order valence-corrected chi connectivity index (χ4v) is 0.949. The first-order valence-corrected chi connectivity index (χ1v) is 4.13. The van der Waals surface area contributed by atoms with Gasteiger partial charge in [-0.2, -0.15) is 0 Å². The molecular formula is C9H13BF3N. The summed E-state index contributed by atoms with van der Waals surface area (Å²) in [5.41, 5.74) is 1.37. The second-order valence-electron chi connectivity index (χ2n) is 2.97. The van der Waals surface area contributed by atoms with Crippen molar-refractivity contribution in [2.45, 2.75) is 6.54 Å². The van der Waals surface area contributed by atoms with Gasteiger partial charge >= 0.3 is 7.54 Å². The van der Waals surface area contributed by atoms with Crippen molar-refractivity contribution in [3.8, 4) is 0 Å². The second-order valence-corrected chi connectivity index (χ2v) is 2.97. The molecule has 0 saturated heterocycles. The number of hydrogen-bond acceptors (Lipinski definition) is 1. The third-order valence-corrected chi connectivity index (χ3v) is 1.34. The summed E-state index contributed by atoms with van der Waals surface area (Å²) in [6, 6.07) is 10.5. The lowest BCUT2D eigenvalue weighted by Crippen LogP contribution is -2.10. The van der Waals surface area contributed by atoms with Crippen LogP contribution in [0.3, 0.4) is 0 Å². The Bertz CT molecular complexity index is 226. The van der Waals surface area contributed by atoms with E-state index in [1.165, 1.54) is 5.56 Å². The number of benzene rings is 1. The summed E-state index contributed by atoms with van der Waals surface area (Å²) in [4.78, 5) is 2.16. The van der Waals surface area contributed by atoms with Crippen LogP contribution in [0.1, 0.15) is 5.56 Å². The third-order valence-electron chi connectivity index (χ3n) is 1.34. The van der Waals surface area contributed by atoms with Gasteiger partial charge < -0.3 is 4.90 Å². The molecule has 0 aromatic heterocycles. The smallest absolute Gasteiger partial charge is 0.305 e. The summed E-state index contributed by atoms with van der Waals surface area (Å²) in [6.07, 6.45) is 0. The van der Waals surface area contributed by atoms with Crippen LogP contribution in [0.25, 0.3) is 0 Å². The summed E-state index contributed by atoms with van der Waals surface area (Å²) in [6.45, 7) is 1.03. The maximum absolute atomic E-state index is 9.67. The molecule has 0 N–H and O–H groups in total. The van der Waals surface area contributed by atoms with E-state index in [0.717, 1.165) is 6.54 Å². The molecule has 5 heteroatoms. The molecule has 0 amide bonds. The third kappa shape index (κ3) is 9.13. The van der Waals surface area contributed by atoms with Crippen LogP contribution < -0.4 is 0 Å². The molecule has 0 aliphatic carbocycles. The molecule has 0 spiro atoms. The molecule has 0 heterocycles. The van der Waals surface area contributed by atoms with E-state index in [1.54, 1.807) is 0 Å². The van der Waals surface area contributed by atoms with Crippen molar-refractivity contribution in [1.29, 1.82) is 0 Å². The lowest BCUT2D eigenvalue weighted by molar-refractivity contribution is 0.402. The van der Waals surface area contributed by atoms with Crippen LogP contribution in [0.15, 0.2) is 30.3 Å². The van der Waals surface area contributed by atoms with E-state index in [4.69, 9.17) is 0 Å². The Kier molecular flexibility index (Phi) is 6.93. The molecule has 0 bridgehead atoms. The van der Waals surface area contributed by atoms with Crippen LogP contribution in [0.4, 0.5) is 12.9 Å². The molecule has 0 saturated carbocycles. The van der Waals surface area contributed by atoms with Gasteiger partial charge in [0.25, 0.3) is 0 Å². The summed E-state index contributed by atoms with van der Waals surface area (Å²) < 4.78 is 29.0. The normalized spacial score (nSPS) is 9.29. The molecule has 0 fully saturated rings. The molecule has 78 valence electrons. The Hall–Kier alpha value is -0.965. The molecule has 1 rings (SSSR count). The Morgan fingerprint density at radius 3 is 1.86 bits per heavy atom. The average molecular weight is 203 g/mol. The first-order valence-electron chi connectivity index (χ1n) is 4.13. The first-order chi connectivity index (χ1) is 6.52. The first kappa shape index (κ1) is 13.0. The lowest BCUT2D eigenvalue weighted by atomic mass is 10.2. The van der Waals surface area contributed by atoms with E-state index in [2.05, 4.69) is 43.3 Å². The van der Waals surface area contributed by atoms with Gasteiger partial charge in [-0.3, -0.25) is 12.9 Å². The van der Waals surface area contributed by atoms with Gasteiger partial charge in [0.05, 0.1) is 0 Å². The van der Waals surface area contributed by atoms with Crippen LogP contribution in [-0.4, -0.2) is 26.5 Å². The molecule has 0 radical (unpaired) electrons. The monoisotopic (exact) mass is 203 g/mol. The molecule has 0 aliphatic rings. The zero-order valence-corrected chi connectivity index (χ0v) is 8.25. The Morgan fingerprint density at radius 2 is 1.50 bits per heavy atom. The van der Waals surface area contributed by atoms with Crippen molar-refractivity contribution >= 4 is 7.54 Å². The minimum Gasteiger partial charge on any atom is -0.305 e. The van der Waals surface area contributed by atoms with Crippen molar-refractivity contribution < 1.29 is 12.9 Å². The van der Waals surface area contributed by atoms with Crippen LogP contribution in [0.5, 0.6) is 0 Å². The quantitative estimate of drug-likeness (QED) is 0.667. The zero-order chi connectivity index (χ0) is 11.0. The minimum atomic E-state index is -3.67. The fourth-order valence-electron chi connectivity index (χ4n) is 0.949. The highest BCUT2D eigenvalue weighted by molar-refractivity contribution is 6.33. The SMILES string of the molecule is CN(C)Cc1ccccc1.FB(F)F. The van der Waals surface area contributed by atoms with E-state index in [9.17, 15) is 12.9 Å². The Balaban J connectivity index is 0.000000364. The number of hydrogen-bond donors (Lipinski definition) is 0. The number of rotatable bonds is 2. The van der Waals surface area contributed by atoms with Gasteiger partial charge in [0, 0.05) is 6.54 Å². The molecule has 1 aromatic rings. The largest absolute Gasteiger partial charge is 0.762 e. The van der Waals surface area contributed by atoms with Gasteiger partial charge in [-0.1, -0.05) is 30.3 Å². The van der Waals surface area contributed by atoms with Gasteiger partial charge in [0.15, 0.2) is 0 Å². The van der Waals surface area contributed by atoms with Crippen LogP contribution >= 0.6 is 0 Å². The zero-order valence-electron chi connectivity index (χ0n) is 8.25. The second kappa shape index (κ2) is 7.44. The molecule has 0 atom stereocenters. The van der Waals surface area contributed by atoms with E-state index in [0.29, 0.717) is 0 Å². The van der Waals surface area contributed by atoms with Crippen LogP contribution in [-0.2, 0) is 6.54 Å². The average Bonchev–Trinajstić information content (AvgIpc) is 2.03. The van der Waals surface area contributed by atoms with E-state index in [1.807, 2.05) is 6.07 Å². The molecule has 0 unspecified atom stereocenters. The maximum atomic E-state index is 9.67.